The van der Waals surface area contributed by atoms with Crippen LogP contribution in [0.15, 0.2) is 73.2 Å². The number of pyridine rings is 1. The number of anilines is 4. The fourth-order valence-corrected chi connectivity index (χ4v) is 3.29. The number of aromatic nitrogens is 3. The van der Waals surface area contributed by atoms with Crippen LogP contribution in [0.3, 0.4) is 0 Å². The van der Waals surface area contributed by atoms with Gasteiger partial charge in [-0.15, -0.1) is 0 Å². The summed E-state index contributed by atoms with van der Waals surface area (Å²) < 4.78 is 35.5. The molecule has 2 heterocycles. The van der Waals surface area contributed by atoms with Gasteiger partial charge in [-0.3, -0.25) is 9.78 Å². The minimum atomic E-state index is -3.22. The lowest BCUT2D eigenvalue weighted by molar-refractivity contribution is -0.000986. The van der Waals surface area contributed by atoms with E-state index < -0.39 is 12.3 Å². The van der Waals surface area contributed by atoms with Crippen LogP contribution in [-0.2, 0) is 5.92 Å². The SMILES string of the molecule is CC=CCC(F)(F)c1cnc(Nc2cncc(OC)c2)nc1N(C)c1cccc(C(=O)C=CC)c1. The molecule has 182 valence electrons. The molecule has 0 saturated carbocycles. The Kier molecular flexibility index (Phi) is 8.25. The van der Waals surface area contributed by atoms with Crippen molar-refractivity contribution in [2.45, 2.75) is 26.2 Å². The van der Waals surface area contributed by atoms with E-state index in [4.69, 9.17) is 4.74 Å². The molecule has 35 heavy (non-hydrogen) atoms. The number of rotatable bonds is 10. The van der Waals surface area contributed by atoms with Gasteiger partial charge in [0.05, 0.1) is 30.8 Å². The lowest BCUT2D eigenvalue weighted by Gasteiger charge is -2.25. The van der Waals surface area contributed by atoms with Crippen LogP contribution < -0.4 is 15.0 Å². The van der Waals surface area contributed by atoms with Gasteiger partial charge >= 0.3 is 0 Å². The van der Waals surface area contributed by atoms with Crippen LogP contribution in [0.2, 0.25) is 0 Å². The lowest BCUT2D eigenvalue weighted by Crippen LogP contribution is -2.22. The minimum absolute atomic E-state index is 0.00323. The van der Waals surface area contributed by atoms with Crippen molar-refractivity contribution in [3.05, 3.63) is 84.4 Å². The molecule has 7 nitrogen and oxygen atoms in total. The van der Waals surface area contributed by atoms with Crippen LogP contribution in [0.1, 0.15) is 36.2 Å². The van der Waals surface area contributed by atoms with Crippen molar-refractivity contribution < 1.29 is 18.3 Å². The second kappa shape index (κ2) is 11.3. The van der Waals surface area contributed by atoms with Crippen molar-refractivity contribution in [2.24, 2.45) is 0 Å². The Hall–Kier alpha value is -4.14. The van der Waals surface area contributed by atoms with E-state index in [-0.39, 0.29) is 23.1 Å². The van der Waals surface area contributed by atoms with E-state index in [0.29, 0.717) is 22.7 Å². The van der Waals surface area contributed by atoms with Gasteiger partial charge in [-0.1, -0.05) is 30.4 Å². The summed E-state index contributed by atoms with van der Waals surface area (Å²) in [6, 6.07) is 8.41. The summed E-state index contributed by atoms with van der Waals surface area (Å²) in [4.78, 5) is 26.5. The molecule has 0 atom stereocenters. The molecule has 0 radical (unpaired) electrons. The highest BCUT2D eigenvalue weighted by Crippen LogP contribution is 2.39. The van der Waals surface area contributed by atoms with E-state index in [1.807, 2.05) is 0 Å². The summed E-state index contributed by atoms with van der Waals surface area (Å²) in [5, 5.41) is 2.98. The van der Waals surface area contributed by atoms with Crippen molar-refractivity contribution in [3.8, 4) is 5.75 Å². The molecule has 9 heteroatoms. The maximum Gasteiger partial charge on any atom is 0.281 e. The zero-order chi connectivity index (χ0) is 25.4. The van der Waals surface area contributed by atoms with Crippen LogP contribution >= 0.6 is 0 Å². The van der Waals surface area contributed by atoms with Crippen molar-refractivity contribution in [2.75, 3.05) is 24.4 Å². The average molecular weight is 480 g/mol. The highest BCUT2D eigenvalue weighted by atomic mass is 19.3. The number of nitrogens with one attached hydrogen (secondary N) is 1. The largest absolute Gasteiger partial charge is 0.495 e. The standard InChI is InChI=1S/C26H27F2N5O2/c1-5-7-12-26(27,28)22-17-30-25(31-19-14-21(35-4)16-29-15-19)32-24(22)33(3)20-11-8-10-18(13-20)23(34)9-6-2/h5-11,13-17H,12H2,1-4H3,(H,30,31,32). The van der Waals surface area contributed by atoms with Gasteiger partial charge in [0.1, 0.15) is 11.6 Å². The number of hydrogen-bond acceptors (Lipinski definition) is 7. The molecule has 3 aromatic rings. The van der Waals surface area contributed by atoms with E-state index in [2.05, 4.69) is 20.3 Å². The number of allylic oxidation sites excluding steroid dienone is 4. The monoisotopic (exact) mass is 479 g/mol. The third kappa shape index (κ3) is 6.26. The van der Waals surface area contributed by atoms with Crippen molar-refractivity contribution >= 4 is 28.9 Å². The minimum Gasteiger partial charge on any atom is -0.495 e. The molecule has 0 aliphatic heterocycles. The molecule has 0 saturated heterocycles. The Bertz CT molecular complexity index is 1240. The number of nitrogens with zero attached hydrogens (tertiary/aromatic N) is 4. The number of halogens is 2. The predicted molar refractivity (Wildman–Crippen MR) is 133 cm³/mol. The van der Waals surface area contributed by atoms with Crippen LogP contribution in [0.5, 0.6) is 5.75 Å². The first-order chi connectivity index (χ1) is 16.8. The number of carbonyl (C=O) groups excluding carboxylic acids is 1. The normalized spacial score (nSPS) is 11.7. The zero-order valence-corrected chi connectivity index (χ0v) is 20.0. The Morgan fingerprint density at radius 3 is 2.69 bits per heavy atom. The number of alkyl halides is 2. The quantitative estimate of drug-likeness (QED) is 0.210. The molecule has 0 aliphatic carbocycles. The summed E-state index contributed by atoms with van der Waals surface area (Å²) >= 11 is 0. The molecule has 1 N–H and O–H groups in total. The first kappa shape index (κ1) is 25.5. The van der Waals surface area contributed by atoms with Gasteiger partial charge in [0, 0.05) is 37.0 Å². The van der Waals surface area contributed by atoms with Crippen molar-refractivity contribution in [1.29, 1.82) is 0 Å². The summed E-state index contributed by atoms with van der Waals surface area (Å²) in [5.74, 6) is -2.77. The van der Waals surface area contributed by atoms with Crippen LogP contribution in [-0.4, -0.2) is 34.9 Å². The van der Waals surface area contributed by atoms with E-state index in [9.17, 15) is 4.79 Å². The fraction of sp³-hybridized carbons (Fsp3) is 0.231. The number of methoxy groups -OCH3 is 1. The number of ketones is 1. The van der Waals surface area contributed by atoms with Gasteiger partial charge < -0.3 is 15.0 Å². The Balaban J connectivity index is 2.07. The zero-order valence-electron chi connectivity index (χ0n) is 20.0. The van der Waals surface area contributed by atoms with E-state index >= 15 is 8.78 Å². The molecule has 0 unspecified atom stereocenters. The van der Waals surface area contributed by atoms with Gasteiger partial charge in [-0.25, -0.2) is 13.8 Å². The number of carbonyl (C=O) groups is 1. The number of hydrogen-bond donors (Lipinski definition) is 1. The summed E-state index contributed by atoms with van der Waals surface area (Å²) in [6.07, 6.45) is 9.76. The van der Waals surface area contributed by atoms with Gasteiger partial charge in [-0.2, -0.15) is 4.98 Å². The molecular formula is C26H27F2N5O2. The predicted octanol–water partition coefficient (Wildman–Crippen LogP) is 6.21. The summed E-state index contributed by atoms with van der Waals surface area (Å²) in [6.45, 7) is 3.43. The average Bonchev–Trinajstić information content (AvgIpc) is 2.87. The van der Waals surface area contributed by atoms with E-state index in [0.717, 1.165) is 6.20 Å². The Labute approximate surface area is 203 Å². The summed E-state index contributed by atoms with van der Waals surface area (Å²) in [7, 11) is 3.13. The van der Waals surface area contributed by atoms with Crippen molar-refractivity contribution in [3.63, 3.8) is 0 Å². The molecule has 0 spiro atoms. The van der Waals surface area contributed by atoms with Gasteiger partial charge in [0.2, 0.25) is 5.95 Å². The number of benzene rings is 1. The van der Waals surface area contributed by atoms with Crippen LogP contribution in [0, 0.1) is 0 Å². The van der Waals surface area contributed by atoms with E-state index in [1.165, 1.54) is 30.4 Å². The molecule has 0 bridgehead atoms. The van der Waals surface area contributed by atoms with Gasteiger partial charge in [0.25, 0.3) is 5.92 Å². The molecule has 3 rings (SSSR count). The fourth-order valence-electron chi connectivity index (χ4n) is 3.29. The maximum atomic E-state index is 15.2. The topological polar surface area (TPSA) is 80.2 Å². The highest BCUT2D eigenvalue weighted by Gasteiger charge is 2.35. The number of ether oxygens (including phenoxy) is 1. The van der Waals surface area contributed by atoms with Crippen LogP contribution in [0.4, 0.5) is 31.9 Å². The molecule has 0 aliphatic rings. The first-order valence-electron chi connectivity index (χ1n) is 10.9. The second-order valence-corrected chi connectivity index (χ2v) is 7.62. The molecule has 1 aromatic carbocycles. The lowest BCUT2D eigenvalue weighted by atomic mass is 10.1. The highest BCUT2D eigenvalue weighted by molar-refractivity contribution is 6.05. The van der Waals surface area contributed by atoms with Crippen molar-refractivity contribution in [1.82, 2.24) is 15.0 Å². The third-order valence-corrected chi connectivity index (χ3v) is 5.13. The second-order valence-electron chi connectivity index (χ2n) is 7.62. The Morgan fingerprint density at radius 1 is 1.17 bits per heavy atom. The van der Waals surface area contributed by atoms with E-state index in [1.54, 1.807) is 69.6 Å². The summed E-state index contributed by atoms with van der Waals surface area (Å²) in [5.41, 5.74) is 1.16. The molecule has 0 fully saturated rings. The van der Waals surface area contributed by atoms with Gasteiger partial charge in [-0.05, 0) is 32.1 Å². The van der Waals surface area contributed by atoms with Crippen LogP contribution in [0.25, 0.3) is 0 Å². The molecule has 0 amide bonds. The smallest absolute Gasteiger partial charge is 0.281 e. The third-order valence-electron chi connectivity index (χ3n) is 5.13. The molecule has 2 aromatic heterocycles. The van der Waals surface area contributed by atoms with Gasteiger partial charge in [0.15, 0.2) is 5.78 Å². The first-order valence-corrected chi connectivity index (χ1v) is 10.9. The molecular weight excluding hydrogens is 452 g/mol. The Morgan fingerprint density at radius 2 is 1.97 bits per heavy atom. The maximum absolute atomic E-state index is 15.2.